The van der Waals surface area contributed by atoms with Crippen LogP contribution in [0, 0.1) is 0 Å². The van der Waals surface area contributed by atoms with Gasteiger partial charge in [-0.2, -0.15) is 0 Å². The number of carbonyl (C=O) groups is 1. The van der Waals surface area contributed by atoms with Gasteiger partial charge in [0.25, 0.3) is 11.5 Å². The van der Waals surface area contributed by atoms with Crippen LogP contribution in [0.1, 0.15) is 10.4 Å². The van der Waals surface area contributed by atoms with Crippen molar-refractivity contribution in [1.29, 1.82) is 0 Å². The molecule has 1 N–H and O–H groups in total. The van der Waals surface area contributed by atoms with E-state index in [1.807, 2.05) is 60.7 Å². The molecule has 1 aliphatic rings. The van der Waals surface area contributed by atoms with Crippen LogP contribution in [-0.4, -0.2) is 53.2 Å². The van der Waals surface area contributed by atoms with Gasteiger partial charge in [0.1, 0.15) is 0 Å². The first-order chi connectivity index (χ1) is 15.7. The van der Waals surface area contributed by atoms with Gasteiger partial charge in [0.15, 0.2) is 5.82 Å². The molecule has 0 aliphatic carbocycles. The van der Waals surface area contributed by atoms with Crippen LogP contribution in [-0.2, 0) is 11.3 Å². The Morgan fingerprint density at radius 2 is 1.69 bits per heavy atom. The number of rotatable bonds is 5. The van der Waals surface area contributed by atoms with Crippen LogP contribution in [0.15, 0.2) is 71.5 Å². The number of benzene rings is 3. The molecular weight excluding hydrogens is 404 g/mol. The molecule has 0 unspecified atom stereocenters. The molecule has 1 aliphatic heterocycles. The third-order valence-corrected chi connectivity index (χ3v) is 5.86. The Labute approximate surface area is 185 Å². The largest absolute Gasteiger partial charge is 0.379 e. The zero-order valence-corrected chi connectivity index (χ0v) is 17.7. The minimum absolute atomic E-state index is 0.0450. The quantitative estimate of drug-likeness (QED) is 0.529. The van der Waals surface area contributed by atoms with Crippen molar-refractivity contribution in [1.82, 2.24) is 14.5 Å². The van der Waals surface area contributed by atoms with Crippen molar-refractivity contribution in [2.24, 2.45) is 0 Å². The standard InChI is InChI=1S/C25H24N4O3/c30-24(20-9-5-7-18-6-1-2-8-19(18)20)27-23-25(31)29(13-12-28-14-16-32-17-15-28)22-11-4-3-10-21(22)26-23/h1-11H,12-17H2,(H,26,27,30). The van der Waals surface area contributed by atoms with Gasteiger partial charge in [0.2, 0.25) is 0 Å². The number of hydrogen-bond acceptors (Lipinski definition) is 5. The van der Waals surface area contributed by atoms with E-state index in [-0.39, 0.29) is 17.3 Å². The maximum atomic E-state index is 13.3. The highest BCUT2D eigenvalue weighted by molar-refractivity contribution is 6.12. The molecule has 0 radical (unpaired) electrons. The average molecular weight is 428 g/mol. The number of nitrogens with one attached hydrogen (secondary N) is 1. The summed E-state index contributed by atoms with van der Waals surface area (Å²) >= 11 is 0. The number of fused-ring (bicyclic) bond motifs is 2. The van der Waals surface area contributed by atoms with E-state index in [1.54, 1.807) is 10.6 Å². The van der Waals surface area contributed by atoms with Crippen molar-refractivity contribution in [3.8, 4) is 0 Å². The molecule has 1 saturated heterocycles. The second-order valence-electron chi connectivity index (χ2n) is 7.84. The minimum atomic E-state index is -0.346. The number of hydrogen-bond donors (Lipinski definition) is 1. The molecule has 0 bridgehead atoms. The molecule has 32 heavy (non-hydrogen) atoms. The number of amides is 1. The van der Waals surface area contributed by atoms with Gasteiger partial charge >= 0.3 is 0 Å². The number of nitrogens with zero attached hydrogens (tertiary/aromatic N) is 3. The van der Waals surface area contributed by atoms with Crippen molar-refractivity contribution < 1.29 is 9.53 Å². The second kappa shape index (κ2) is 8.90. The fraction of sp³-hybridized carbons (Fsp3) is 0.240. The molecular formula is C25H24N4O3. The van der Waals surface area contributed by atoms with E-state index < -0.39 is 0 Å². The summed E-state index contributed by atoms with van der Waals surface area (Å²) in [4.78, 5) is 33.2. The molecule has 3 aromatic carbocycles. The topological polar surface area (TPSA) is 76.5 Å². The second-order valence-corrected chi connectivity index (χ2v) is 7.84. The van der Waals surface area contributed by atoms with E-state index in [1.165, 1.54) is 0 Å². The lowest BCUT2D eigenvalue weighted by Crippen LogP contribution is -2.39. The third kappa shape index (κ3) is 4.00. The van der Waals surface area contributed by atoms with Crippen LogP contribution in [0.2, 0.25) is 0 Å². The Balaban J connectivity index is 1.49. The Kier molecular flexibility index (Phi) is 5.66. The Hall–Kier alpha value is -3.55. The zero-order chi connectivity index (χ0) is 21.9. The summed E-state index contributed by atoms with van der Waals surface area (Å²) in [5, 5.41) is 4.57. The molecule has 162 valence electrons. The van der Waals surface area contributed by atoms with Gasteiger partial charge < -0.3 is 14.6 Å². The average Bonchev–Trinajstić information content (AvgIpc) is 2.84. The normalized spacial score (nSPS) is 14.6. The summed E-state index contributed by atoms with van der Waals surface area (Å²) in [6.07, 6.45) is 0. The predicted molar refractivity (Wildman–Crippen MR) is 125 cm³/mol. The van der Waals surface area contributed by atoms with E-state index in [4.69, 9.17) is 4.74 Å². The molecule has 1 aromatic heterocycles. The predicted octanol–water partition coefficient (Wildman–Crippen LogP) is 3.13. The highest BCUT2D eigenvalue weighted by Gasteiger charge is 2.17. The summed E-state index contributed by atoms with van der Waals surface area (Å²) < 4.78 is 7.12. The van der Waals surface area contributed by atoms with Crippen LogP contribution < -0.4 is 10.9 Å². The highest BCUT2D eigenvalue weighted by atomic mass is 16.5. The van der Waals surface area contributed by atoms with E-state index in [2.05, 4.69) is 15.2 Å². The van der Waals surface area contributed by atoms with Gasteiger partial charge in [-0.15, -0.1) is 0 Å². The fourth-order valence-electron chi connectivity index (χ4n) is 4.16. The molecule has 0 atom stereocenters. The van der Waals surface area contributed by atoms with Crippen LogP contribution >= 0.6 is 0 Å². The Bertz CT molecular complexity index is 1340. The zero-order valence-electron chi connectivity index (χ0n) is 17.7. The Morgan fingerprint density at radius 1 is 0.938 bits per heavy atom. The van der Waals surface area contributed by atoms with E-state index in [0.29, 0.717) is 30.8 Å². The molecule has 1 amide bonds. The molecule has 4 aromatic rings. The summed E-state index contributed by atoms with van der Waals surface area (Å²) in [6.45, 7) is 4.36. The lowest BCUT2D eigenvalue weighted by Gasteiger charge is -2.27. The van der Waals surface area contributed by atoms with Crippen LogP contribution in [0.25, 0.3) is 21.8 Å². The van der Waals surface area contributed by atoms with Crippen LogP contribution in [0.5, 0.6) is 0 Å². The van der Waals surface area contributed by atoms with Crippen molar-refractivity contribution in [3.05, 3.63) is 82.6 Å². The lowest BCUT2D eigenvalue weighted by molar-refractivity contribution is 0.0364. The number of aromatic nitrogens is 2. The maximum absolute atomic E-state index is 13.3. The van der Waals surface area contributed by atoms with Gasteiger partial charge in [0, 0.05) is 31.7 Å². The lowest BCUT2D eigenvalue weighted by atomic mass is 10.0. The van der Waals surface area contributed by atoms with Crippen molar-refractivity contribution in [2.45, 2.75) is 6.54 Å². The minimum Gasteiger partial charge on any atom is -0.379 e. The molecule has 7 heteroatoms. The first-order valence-electron chi connectivity index (χ1n) is 10.8. The van der Waals surface area contributed by atoms with E-state index >= 15 is 0 Å². The van der Waals surface area contributed by atoms with E-state index in [0.717, 1.165) is 35.9 Å². The number of carbonyl (C=O) groups excluding carboxylic acids is 1. The smallest absolute Gasteiger partial charge is 0.294 e. The van der Waals surface area contributed by atoms with Crippen LogP contribution in [0.3, 0.4) is 0 Å². The third-order valence-electron chi connectivity index (χ3n) is 5.86. The molecule has 7 nitrogen and oxygen atoms in total. The van der Waals surface area contributed by atoms with Crippen LogP contribution in [0.4, 0.5) is 5.82 Å². The summed E-state index contributed by atoms with van der Waals surface area (Å²) in [7, 11) is 0. The fourth-order valence-corrected chi connectivity index (χ4v) is 4.16. The van der Waals surface area contributed by atoms with Gasteiger partial charge in [-0.1, -0.05) is 48.5 Å². The summed E-state index contributed by atoms with van der Waals surface area (Å²) in [5.41, 5.74) is 1.64. The number of morpholine rings is 1. The first-order valence-corrected chi connectivity index (χ1v) is 10.8. The van der Waals surface area contributed by atoms with Gasteiger partial charge in [-0.3, -0.25) is 14.5 Å². The monoisotopic (exact) mass is 428 g/mol. The van der Waals surface area contributed by atoms with Gasteiger partial charge in [-0.05, 0) is 29.0 Å². The first kappa shape index (κ1) is 20.4. The number of anilines is 1. The summed E-state index contributed by atoms with van der Waals surface area (Å²) in [6, 6.07) is 20.8. The number of para-hydroxylation sites is 2. The Morgan fingerprint density at radius 3 is 2.56 bits per heavy atom. The van der Waals surface area contributed by atoms with Gasteiger partial charge in [-0.25, -0.2) is 4.98 Å². The van der Waals surface area contributed by atoms with Crippen molar-refractivity contribution in [3.63, 3.8) is 0 Å². The van der Waals surface area contributed by atoms with E-state index in [9.17, 15) is 9.59 Å². The highest BCUT2D eigenvalue weighted by Crippen LogP contribution is 2.20. The summed E-state index contributed by atoms with van der Waals surface area (Å²) in [5.74, 6) is -0.301. The maximum Gasteiger partial charge on any atom is 0.294 e. The SMILES string of the molecule is O=C(Nc1nc2ccccc2n(CCN2CCOCC2)c1=O)c1cccc2ccccc12. The molecule has 2 heterocycles. The van der Waals surface area contributed by atoms with Gasteiger partial charge in [0.05, 0.1) is 24.2 Å². The van der Waals surface area contributed by atoms with Crippen molar-refractivity contribution in [2.75, 3.05) is 38.2 Å². The number of ether oxygens (including phenoxy) is 1. The molecule has 0 spiro atoms. The molecule has 5 rings (SSSR count). The van der Waals surface area contributed by atoms with Crippen molar-refractivity contribution >= 4 is 33.5 Å². The molecule has 1 fully saturated rings. The molecule has 0 saturated carbocycles.